The van der Waals surface area contributed by atoms with Gasteiger partial charge in [-0.15, -0.1) is 0 Å². The van der Waals surface area contributed by atoms with E-state index < -0.39 is 5.92 Å². The smallest absolute Gasteiger partial charge is 0.258 e. The highest BCUT2D eigenvalue weighted by Crippen LogP contribution is 2.25. The van der Waals surface area contributed by atoms with Crippen LogP contribution >= 0.6 is 0 Å². The summed E-state index contributed by atoms with van der Waals surface area (Å²) < 4.78 is 5.34. The molecule has 1 aliphatic rings. The Morgan fingerprint density at radius 3 is 2.73 bits per heavy atom. The molecule has 1 atom stereocenters. The molecule has 0 spiro atoms. The molecule has 4 heterocycles. The molecule has 0 radical (unpaired) electrons. The van der Waals surface area contributed by atoms with Crippen molar-refractivity contribution in [2.45, 2.75) is 13.0 Å². The van der Waals surface area contributed by atoms with Gasteiger partial charge in [-0.3, -0.25) is 19.6 Å². The standard InChI is InChI=1S/C24H20N6O3/c31-21-12-18(15-30(21)14-16-4-3-10-25-13-16)23(32)27-19-8-6-17(7-9-19)24-28-22(29-33-24)20-5-1-2-11-26-20/h1-11,13,18H,12,14-15H2,(H,27,32). The van der Waals surface area contributed by atoms with Crippen molar-refractivity contribution in [1.29, 1.82) is 0 Å². The lowest BCUT2D eigenvalue weighted by Crippen LogP contribution is -2.28. The molecule has 0 aliphatic carbocycles. The van der Waals surface area contributed by atoms with Gasteiger partial charge in [0.15, 0.2) is 0 Å². The van der Waals surface area contributed by atoms with Gasteiger partial charge in [-0.05, 0) is 48.0 Å². The Hall–Kier alpha value is -4.40. The van der Waals surface area contributed by atoms with Crippen molar-refractivity contribution in [3.63, 3.8) is 0 Å². The van der Waals surface area contributed by atoms with Crippen LogP contribution in [0.15, 0.2) is 77.7 Å². The lowest BCUT2D eigenvalue weighted by atomic mass is 10.1. The van der Waals surface area contributed by atoms with Crippen LogP contribution in [0.3, 0.4) is 0 Å². The van der Waals surface area contributed by atoms with Crippen molar-refractivity contribution < 1.29 is 14.1 Å². The number of rotatable bonds is 6. The molecule has 0 saturated carbocycles. The number of amides is 2. The first-order valence-corrected chi connectivity index (χ1v) is 10.5. The van der Waals surface area contributed by atoms with Crippen LogP contribution in [0.2, 0.25) is 0 Å². The zero-order chi connectivity index (χ0) is 22.6. The minimum Gasteiger partial charge on any atom is -0.337 e. The molecule has 164 valence electrons. The molecule has 4 aromatic rings. The van der Waals surface area contributed by atoms with Gasteiger partial charge < -0.3 is 14.7 Å². The van der Waals surface area contributed by atoms with Gasteiger partial charge in [0.25, 0.3) is 5.89 Å². The number of carbonyl (C=O) groups excluding carboxylic acids is 2. The number of anilines is 1. The second-order valence-corrected chi connectivity index (χ2v) is 7.74. The number of hydrogen-bond donors (Lipinski definition) is 1. The molecule has 5 rings (SSSR count). The summed E-state index contributed by atoms with van der Waals surface area (Å²) in [5.74, 6) is 0.158. The van der Waals surface area contributed by atoms with Gasteiger partial charge in [-0.2, -0.15) is 4.98 Å². The average molecular weight is 440 g/mol. The Labute approximate surface area is 189 Å². The highest BCUT2D eigenvalue weighted by Gasteiger charge is 2.34. The Kier molecular flexibility index (Phi) is 5.59. The molecule has 33 heavy (non-hydrogen) atoms. The summed E-state index contributed by atoms with van der Waals surface area (Å²) in [5.41, 5.74) is 2.92. The first kappa shape index (κ1) is 20.5. The number of nitrogens with one attached hydrogen (secondary N) is 1. The van der Waals surface area contributed by atoms with Crippen molar-refractivity contribution >= 4 is 17.5 Å². The quantitative estimate of drug-likeness (QED) is 0.490. The molecule has 2 amide bonds. The van der Waals surface area contributed by atoms with Crippen LogP contribution in [0, 0.1) is 5.92 Å². The van der Waals surface area contributed by atoms with Crippen molar-refractivity contribution in [3.05, 3.63) is 78.8 Å². The van der Waals surface area contributed by atoms with E-state index in [-0.39, 0.29) is 18.2 Å². The maximum absolute atomic E-state index is 12.7. The number of nitrogens with zero attached hydrogens (tertiary/aromatic N) is 5. The summed E-state index contributed by atoms with van der Waals surface area (Å²) in [6.45, 7) is 0.839. The molecule has 3 aromatic heterocycles. The summed E-state index contributed by atoms with van der Waals surface area (Å²) in [6.07, 6.45) is 5.28. The van der Waals surface area contributed by atoms with Crippen LogP contribution in [0.5, 0.6) is 0 Å². The van der Waals surface area contributed by atoms with E-state index in [2.05, 4.69) is 25.4 Å². The van der Waals surface area contributed by atoms with E-state index in [1.807, 2.05) is 24.3 Å². The average Bonchev–Trinajstić information content (AvgIpc) is 3.48. The predicted octanol–water partition coefficient (Wildman–Crippen LogP) is 3.18. The molecular weight excluding hydrogens is 420 g/mol. The van der Waals surface area contributed by atoms with Crippen LogP contribution in [0.1, 0.15) is 12.0 Å². The second-order valence-electron chi connectivity index (χ2n) is 7.74. The molecule has 0 bridgehead atoms. The third kappa shape index (κ3) is 4.62. The van der Waals surface area contributed by atoms with Gasteiger partial charge in [0.2, 0.25) is 17.6 Å². The lowest BCUT2D eigenvalue weighted by Gasteiger charge is -2.16. The van der Waals surface area contributed by atoms with Crippen molar-refractivity contribution in [2.75, 3.05) is 11.9 Å². The highest BCUT2D eigenvalue weighted by atomic mass is 16.5. The molecule has 1 aliphatic heterocycles. The highest BCUT2D eigenvalue weighted by molar-refractivity contribution is 5.97. The Bertz CT molecular complexity index is 1260. The van der Waals surface area contributed by atoms with E-state index in [0.29, 0.717) is 36.2 Å². The summed E-state index contributed by atoms with van der Waals surface area (Å²) in [7, 11) is 0. The molecule has 1 aromatic carbocycles. The van der Waals surface area contributed by atoms with Gasteiger partial charge in [0.05, 0.1) is 5.92 Å². The topological polar surface area (TPSA) is 114 Å². The minimum absolute atomic E-state index is 0.0329. The normalized spacial score (nSPS) is 15.6. The van der Waals surface area contributed by atoms with E-state index in [1.54, 1.807) is 53.8 Å². The van der Waals surface area contributed by atoms with Crippen molar-refractivity contribution in [2.24, 2.45) is 5.92 Å². The fourth-order valence-electron chi connectivity index (χ4n) is 3.69. The number of aromatic nitrogens is 4. The maximum Gasteiger partial charge on any atom is 0.258 e. The Morgan fingerprint density at radius 1 is 1.09 bits per heavy atom. The van der Waals surface area contributed by atoms with Gasteiger partial charge in [-0.25, -0.2) is 0 Å². The van der Waals surface area contributed by atoms with Crippen molar-refractivity contribution in [3.8, 4) is 23.0 Å². The minimum atomic E-state index is -0.397. The molecule has 9 heteroatoms. The van der Waals surface area contributed by atoms with Crippen LogP contribution in [-0.2, 0) is 16.1 Å². The first-order chi connectivity index (χ1) is 16.2. The monoisotopic (exact) mass is 440 g/mol. The predicted molar refractivity (Wildman–Crippen MR) is 119 cm³/mol. The number of pyridine rings is 2. The third-order valence-electron chi connectivity index (χ3n) is 5.40. The molecule has 1 fully saturated rings. The van der Waals surface area contributed by atoms with E-state index in [0.717, 1.165) is 11.1 Å². The van der Waals surface area contributed by atoms with Crippen molar-refractivity contribution in [1.82, 2.24) is 25.0 Å². The SMILES string of the molecule is O=C(Nc1ccc(-c2nc(-c3ccccn3)no2)cc1)C1CC(=O)N(Cc2cccnc2)C1. The summed E-state index contributed by atoms with van der Waals surface area (Å²) in [6, 6.07) is 16.3. The summed E-state index contributed by atoms with van der Waals surface area (Å²) in [4.78, 5) is 39.4. The lowest BCUT2D eigenvalue weighted by molar-refractivity contribution is -0.128. The van der Waals surface area contributed by atoms with Crippen LogP contribution in [0.25, 0.3) is 23.0 Å². The maximum atomic E-state index is 12.7. The third-order valence-corrected chi connectivity index (χ3v) is 5.40. The molecular formula is C24H20N6O3. The zero-order valence-corrected chi connectivity index (χ0v) is 17.6. The van der Waals surface area contributed by atoms with E-state index in [1.165, 1.54) is 0 Å². The van der Waals surface area contributed by atoms with Gasteiger partial charge in [0.1, 0.15) is 5.69 Å². The fourth-order valence-corrected chi connectivity index (χ4v) is 3.69. The number of carbonyl (C=O) groups is 2. The number of likely N-dealkylation sites (tertiary alicyclic amines) is 1. The first-order valence-electron chi connectivity index (χ1n) is 10.5. The second kappa shape index (κ2) is 8.99. The van der Waals surface area contributed by atoms with E-state index in [9.17, 15) is 9.59 Å². The van der Waals surface area contributed by atoms with Gasteiger partial charge >= 0.3 is 0 Å². The van der Waals surface area contributed by atoms with Gasteiger partial charge in [0, 0.05) is 49.4 Å². The summed E-state index contributed by atoms with van der Waals surface area (Å²) >= 11 is 0. The van der Waals surface area contributed by atoms with E-state index in [4.69, 9.17) is 4.52 Å². The zero-order valence-electron chi connectivity index (χ0n) is 17.6. The molecule has 1 unspecified atom stereocenters. The van der Waals surface area contributed by atoms with Gasteiger partial charge in [-0.1, -0.05) is 17.3 Å². The molecule has 1 N–H and O–H groups in total. The van der Waals surface area contributed by atoms with Crippen LogP contribution in [-0.4, -0.2) is 43.4 Å². The van der Waals surface area contributed by atoms with Crippen LogP contribution in [0.4, 0.5) is 5.69 Å². The summed E-state index contributed by atoms with van der Waals surface area (Å²) in [5, 5.41) is 6.86. The Balaban J connectivity index is 1.20. The molecule has 9 nitrogen and oxygen atoms in total. The van der Waals surface area contributed by atoms with E-state index >= 15 is 0 Å². The number of benzene rings is 1. The fraction of sp³-hybridized carbons (Fsp3) is 0.167. The largest absolute Gasteiger partial charge is 0.337 e. The Morgan fingerprint density at radius 2 is 1.97 bits per heavy atom. The van der Waals surface area contributed by atoms with Crippen LogP contribution < -0.4 is 5.32 Å². The molecule has 1 saturated heterocycles. The number of hydrogen-bond acceptors (Lipinski definition) is 7.